The van der Waals surface area contributed by atoms with Gasteiger partial charge < -0.3 is 10.0 Å². The Balaban J connectivity index is 2.04. The zero-order valence-electron chi connectivity index (χ0n) is 12.7. The van der Waals surface area contributed by atoms with Gasteiger partial charge in [0, 0.05) is 13.6 Å². The number of nitro groups is 1. The quantitative estimate of drug-likeness (QED) is 0.666. The second-order valence-electron chi connectivity index (χ2n) is 5.48. The number of benzene rings is 1. The van der Waals surface area contributed by atoms with E-state index < -0.39 is 28.5 Å². The summed E-state index contributed by atoms with van der Waals surface area (Å²) in [4.78, 5) is 36.0. The van der Waals surface area contributed by atoms with Gasteiger partial charge in [0.15, 0.2) is 6.04 Å². The summed E-state index contributed by atoms with van der Waals surface area (Å²) in [6.07, 6.45) is 1.60. The first-order valence-electron chi connectivity index (χ1n) is 7.19. The maximum atomic E-state index is 12.7. The van der Waals surface area contributed by atoms with E-state index in [1.54, 1.807) is 18.2 Å². The Morgan fingerprint density at radius 1 is 1.38 bits per heavy atom. The highest BCUT2D eigenvalue weighted by Crippen LogP contribution is 2.32. The van der Waals surface area contributed by atoms with Crippen molar-refractivity contribution in [3.05, 3.63) is 57.4 Å². The number of nitrogens with zero attached hydrogens (tertiary/aromatic N) is 4. The Labute approximate surface area is 136 Å². The molecule has 1 aliphatic rings. The first kappa shape index (κ1) is 15.7. The van der Waals surface area contributed by atoms with Gasteiger partial charge in [-0.1, -0.05) is 24.3 Å². The summed E-state index contributed by atoms with van der Waals surface area (Å²) in [6.45, 7) is 0.153. The van der Waals surface area contributed by atoms with Crippen molar-refractivity contribution in [1.82, 2.24) is 14.7 Å². The van der Waals surface area contributed by atoms with Crippen LogP contribution in [-0.2, 0) is 18.3 Å². The topological polar surface area (TPSA) is 119 Å². The third-order valence-electron chi connectivity index (χ3n) is 3.99. The molecule has 0 radical (unpaired) electrons. The van der Waals surface area contributed by atoms with Crippen LogP contribution in [0.3, 0.4) is 0 Å². The van der Waals surface area contributed by atoms with Crippen LogP contribution in [0.2, 0.25) is 0 Å². The van der Waals surface area contributed by atoms with Crippen LogP contribution in [0.4, 0.5) is 5.69 Å². The average molecular weight is 330 g/mol. The van der Waals surface area contributed by atoms with Crippen molar-refractivity contribution >= 4 is 17.6 Å². The molecule has 1 aromatic carbocycles. The predicted octanol–water partition coefficient (Wildman–Crippen LogP) is 1.15. The third-order valence-corrected chi connectivity index (χ3v) is 3.99. The number of rotatable bonds is 3. The van der Waals surface area contributed by atoms with Crippen molar-refractivity contribution in [1.29, 1.82) is 0 Å². The molecule has 1 atom stereocenters. The van der Waals surface area contributed by atoms with Gasteiger partial charge in [-0.3, -0.25) is 19.6 Å². The largest absolute Gasteiger partial charge is 0.479 e. The Bertz CT molecular complexity index is 844. The zero-order chi connectivity index (χ0) is 17.4. The van der Waals surface area contributed by atoms with E-state index in [0.29, 0.717) is 12.0 Å². The molecule has 1 amide bonds. The number of fused-ring (bicyclic) bond motifs is 1. The molecule has 124 valence electrons. The lowest BCUT2D eigenvalue weighted by Crippen LogP contribution is -2.43. The fourth-order valence-corrected chi connectivity index (χ4v) is 2.95. The summed E-state index contributed by atoms with van der Waals surface area (Å²) >= 11 is 0. The van der Waals surface area contributed by atoms with Gasteiger partial charge in [0.1, 0.15) is 6.20 Å². The molecule has 1 aliphatic heterocycles. The van der Waals surface area contributed by atoms with Crippen molar-refractivity contribution in [2.75, 3.05) is 6.54 Å². The molecular formula is C15H14N4O5. The highest BCUT2D eigenvalue weighted by atomic mass is 16.6. The van der Waals surface area contributed by atoms with Crippen LogP contribution < -0.4 is 0 Å². The molecule has 0 spiro atoms. The maximum Gasteiger partial charge on any atom is 0.331 e. The second-order valence-corrected chi connectivity index (χ2v) is 5.48. The van der Waals surface area contributed by atoms with Crippen molar-refractivity contribution in [3.63, 3.8) is 0 Å². The summed E-state index contributed by atoms with van der Waals surface area (Å²) in [7, 11) is 1.46. The lowest BCUT2D eigenvalue weighted by Gasteiger charge is -2.34. The molecule has 1 N–H and O–H groups in total. The molecule has 0 aliphatic carbocycles. The van der Waals surface area contributed by atoms with E-state index in [4.69, 9.17) is 0 Å². The Kier molecular flexibility index (Phi) is 3.76. The summed E-state index contributed by atoms with van der Waals surface area (Å²) < 4.78 is 1.17. The first-order valence-corrected chi connectivity index (χ1v) is 7.19. The minimum absolute atomic E-state index is 0.153. The van der Waals surface area contributed by atoms with Crippen LogP contribution in [0, 0.1) is 10.1 Å². The highest BCUT2D eigenvalue weighted by molar-refractivity contribution is 5.98. The van der Waals surface area contributed by atoms with Crippen molar-refractivity contribution < 1.29 is 19.6 Å². The molecule has 9 heteroatoms. The van der Waals surface area contributed by atoms with Gasteiger partial charge in [-0.15, -0.1) is 0 Å². The molecule has 0 bridgehead atoms. The molecule has 2 heterocycles. The SMILES string of the molecule is Cn1cc([N+](=O)[O-])c(C(=O)N2CCc3ccccc3C2C(=O)O)n1. The second kappa shape index (κ2) is 5.76. The Morgan fingerprint density at radius 2 is 2.08 bits per heavy atom. The van der Waals surface area contributed by atoms with Gasteiger partial charge >= 0.3 is 11.7 Å². The third kappa shape index (κ3) is 2.49. The van der Waals surface area contributed by atoms with Crippen LogP contribution in [0.1, 0.15) is 27.7 Å². The fourth-order valence-electron chi connectivity index (χ4n) is 2.95. The number of amides is 1. The van der Waals surface area contributed by atoms with Crippen LogP contribution >= 0.6 is 0 Å². The standard InChI is InChI=1S/C15H14N4O5/c1-17-8-11(19(23)24)12(16-17)14(20)18-7-6-9-4-2-3-5-10(9)13(18)15(21)22/h2-5,8,13H,6-7H2,1H3,(H,21,22). The van der Waals surface area contributed by atoms with E-state index in [1.165, 1.54) is 11.7 Å². The predicted molar refractivity (Wildman–Crippen MR) is 81.4 cm³/mol. The minimum Gasteiger partial charge on any atom is -0.479 e. The molecular weight excluding hydrogens is 316 g/mol. The number of carboxylic acids is 1. The summed E-state index contributed by atoms with van der Waals surface area (Å²) in [6, 6.07) is 5.78. The van der Waals surface area contributed by atoms with Gasteiger partial charge in [0.25, 0.3) is 5.91 Å². The van der Waals surface area contributed by atoms with E-state index in [1.807, 2.05) is 6.07 Å². The number of carbonyl (C=O) groups is 2. The van der Waals surface area contributed by atoms with E-state index in [0.717, 1.165) is 16.7 Å². The first-order chi connectivity index (χ1) is 11.4. The van der Waals surface area contributed by atoms with Gasteiger partial charge in [0.05, 0.1) is 4.92 Å². The van der Waals surface area contributed by atoms with Gasteiger partial charge in [0.2, 0.25) is 5.69 Å². The minimum atomic E-state index is -1.19. The molecule has 0 fully saturated rings. The van der Waals surface area contributed by atoms with E-state index in [2.05, 4.69) is 5.10 Å². The number of aryl methyl sites for hydroxylation is 1. The van der Waals surface area contributed by atoms with Crippen molar-refractivity contribution in [2.24, 2.45) is 7.05 Å². The summed E-state index contributed by atoms with van der Waals surface area (Å²) in [5.41, 5.74) is 0.575. The van der Waals surface area contributed by atoms with E-state index in [-0.39, 0.29) is 12.2 Å². The van der Waals surface area contributed by atoms with Crippen molar-refractivity contribution in [3.8, 4) is 0 Å². The Hall–Kier alpha value is -3.23. The molecule has 0 saturated carbocycles. The van der Waals surface area contributed by atoms with Gasteiger partial charge in [-0.2, -0.15) is 5.10 Å². The van der Waals surface area contributed by atoms with Gasteiger partial charge in [-0.25, -0.2) is 4.79 Å². The maximum absolute atomic E-state index is 12.7. The molecule has 3 rings (SSSR count). The molecule has 1 aromatic heterocycles. The lowest BCUT2D eigenvalue weighted by molar-refractivity contribution is -0.385. The van der Waals surface area contributed by atoms with Crippen LogP contribution in [0.15, 0.2) is 30.5 Å². The normalized spacial score (nSPS) is 16.5. The molecule has 9 nitrogen and oxygen atoms in total. The number of aliphatic carboxylic acids is 1. The van der Waals surface area contributed by atoms with Crippen molar-refractivity contribution in [2.45, 2.75) is 12.5 Å². The average Bonchev–Trinajstić information content (AvgIpc) is 2.95. The Morgan fingerprint density at radius 3 is 2.75 bits per heavy atom. The lowest BCUT2D eigenvalue weighted by atomic mass is 9.92. The van der Waals surface area contributed by atoms with Crippen LogP contribution in [-0.4, -0.2) is 43.1 Å². The van der Waals surface area contributed by atoms with E-state index >= 15 is 0 Å². The smallest absolute Gasteiger partial charge is 0.331 e. The number of carboxylic acid groups (broad SMARTS) is 1. The molecule has 24 heavy (non-hydrogen) atoms. The number of hydrogen-bond donors (Lipinski definition) is 1. The van der Waals surface area contributed by atoms with E-state index in [9.17, 15) is 24.8 Å². The van der Waals surface area contributed by atoms with Crippen LogP contribution in [0.5, 0.6) is 0 Å². The molecule has 0 saturated heterocycles. The van der Waals surface area contributed by atoms with Crippen LogP contribution in [0.25, 0.3) is 0 Å². The fraction of sp³-hybridized carbons (Fsp3) is 0.267. The number of carbonyl (C=O) groups excluding carboxylic acids is 1. The summed E-state index contributed by atoms with van der Waals surface area (Å²) in [5, 5.41) is 24.5. The molecule has 1 unspecified atom stereocenters. The number of aromatic nitrogens is 2. The molecule has 2 aromatic rings. The number of hydrogen-bond acceptors (Lipinski definition) is 5. The highest BCUT2D eigenvalue weighted by Gasteiger charge is 2.39. The summed E-state index contributed by atoms with van der Waals surface area (Å²) in [5.74, 6) is -1.95. The zero-order valence-corrected chi connectivity index (χ0v) is 12.7. The monoisotopic (exact) mass is 330 g/mol. The van der Waals surface area contributed by atoms with Gasteiger partial charge in [-0.05, 0) is 17.5 Å².